The van der Waals surface area contributed by atoms with Crippen LogP contribution in [0.5, 0.6) is 0 Å². The Hall–Kier alpha value is -1.69. The number of rotatable bonds is 5. The van der Waals surface area contributed by atoms with Gasteiger partial charge in [0.1, 0.15) is 5.69 Å². The summed E-state index contributed by atoms with van der Waals surface area (Å²) in [7, 11) is 1.75. The van der Waals surface area contributed by atoms with Crippen LogP contribution >= 0.6 is 0 Å². The van der Waals surface area contributed by atoms with Crippen molar-refractivity contribution < 1.29 is 4.79 Å². The molecule has 0 aliphatic rings. The fraction of sp³-hybridized carbons (Fsp3) is 0.500. The van der Waals surface area contributed by atoms with E-state index in [0.717, 1.165) is 19.4 Å². The van der Waals surface area contributed by atoms with E-state index in [1.807, 2.05) is 0 Å². The maximum absolute atomic E-state index is 11.9. The van der Waals surface area contributed by atoms with E-state index in [1.54, 1.807) is 11.9 Å². The van der Waals surface area contributed by atoms with Gasteiger partial charge in [0.2, 0.25) is 0 Å². The Labute approximate surface area is 94.8 Å². The highest BCUT2D eigenvalue weighted by Gasteiger charge is 2.13. The Balaban J connectivity index is 2.71. The highest BCUT2D eigenvalue weighted by molar-refractivity contribution is 5.92. The number of nitrogen functional groups attached to an aromatic ring is 1. The van der Waals surface area contributed by atoms with Gasteiger partial charge in [0.15, 0.2) is 5.82 Å². The predicted molar refractivity (Wildman–Crippen MR) is 61.7 cm³/mol. The highest BCUT2D eigenvalue weighted by atomic mass is 16.2. The number of carbonyl (C=O) groups is 1. The molecule has 1 amide bonds. The maximum Gasteiger partial charge on any atom is 0.273 e. The van der Waals surface area contributed by atoms with Gasteiger partial charge in [-0.3, -0.25) is 9.78 Å². The van der Waals surface area contributed by atoms with Gasteiger partial charge < -0.3 is 10.3 Å². The Morgan fingerprint density at radius 2 is 2.31 bits per heavy atom. The highest BCUT2D eigenvalue weighted by Crippen LogP contribution is 2.04. The smallest absolute Gasteiger partial charge is 0.273 e. The van der Waals surface area contributed by atoms with Gasteiger partial charge in [-0.05, 0) is 6.42 Å². The standard InChI is InChI=1S/C10H17N5O/c1-3-4-5-15(2)10(16)8-6-12-7-9(13-8)14-11/h6-7H,3-5,11H2,1-2H3,(H,13,14). The molecule has 88 valence electrons. The van der Waals surface area contributed by atoms with Crippen molar-refractivity contribution in [2.45, 2.75) is 19.8 Å². The lowest BCUT2D eigenvalue weighted by atomic mass is 10.3. The number of anilines is 1. The Kier molecular flexibility index (Phi) is 4.65. The summed E-state index contributed by atoms with van der Waals surface area (Å²) in [6.07, 6.45) is 4.92. The molecule has 6 nitrogen and oxygen atoms in total. The van der Waals surface area contributed by atoms with Gasteiger partial charge in [-0.2, -0.15) is 0 Å². The van der Waals surface area contributed by atoms with Crippen molar-refractivity contribution in [1.82, 2.24) is 14.9 Å². The summed E-state index contributed by atoms with van der Waals surface area (Å²) in [5.41, 5.74) is 2.66. The van der Waals surface area contributed by atoms with Crippen molar-refractivity contribution >= 4 is 11.7 Å². The third kappa shape index (κ3) is 3.16. The number of amides is 1. The van der Waals surface area contributed by atoms with E-state index < -0.39 is 0 Å². The minimum Gasteiger partial charge on any atom is -0.340 e. The largest absolute Gasteiger partial charge is 0.340 e. The molecule has 0 saturated carbocycles. The van der Waals surface area contributed by atoms with Crippen molar-refractivity contribution in [1.29, 1.82) is 0 Å². The average Bonchev–Trinajstić information content (AvgIpc) is 2.35. The molecule has 0 bridgehead atoms. The van der Waals surface area contributed by atoms with Gasteiger partial charge in [-0.15, -0.1) is 0 Å². The fourth-order valence-electron chi connectivity index (χ4n) is 1.23. The predicted octanol–water partition coefficient (Wildman–Crippen LogP) is 0.634. The molecule has 0 aromatic carbocycles. The van der Waals surface area contributed by atoms with Crippen molar-refractivity contribution in [3.63, 3.8) is 0 Å². The van der Waals surface area contributed by atoms with Gasteiger partial charge >= 0.3 is 0 Å². The molecule has 0 unspecified atom stereocenters. The first-order valence-electron chi connectivity index (χ1n) is 5.23. The van der Waals surface area contributed by atoms with Crippen LogP contribution in [-0.4, -0.2) is 34.4 Å². The Morgan fingerprint density at radius 1 is 1.56 bits per heavy atom. The first kappa shape index (κ1) is 12.4. The van der Waals surface area contributed by atoms with Crippen molar-refractivity contribution in [2.24, 2.45) is 5.84 Å². The number of nitrogens with one attached hydrogen (secondary N) is 1. The molecule has 0 atom stereocenters. The zero-order chi connectivity index (χ0) is 12.0. The number of unbranched alkanes of at least 4 members (excludes halogenated alkanes) is 1. The van der Waals surface area contributed by atoms with Crippen molar-refractivity contribution in [3.8, 4) is 0 Å². The van der Waals surface area contributed by atoms with Crippen LogP contribution in [0.25, 0.3) is 0 Å². The lowest BCUT2D eigenvalue weighted by Crippen LogP contribution is -2.28. The third-order valence-electron chi connectivity index (χ3n) is 2.20. The van der Waals surface area contributed by atoms with E-state index >= 15 is 0 Å². The molecule has 0 radical (unpaired) electrons. The van der Waals surface area contributed by atoms with E-state index in [0.29, 0.717) is 11.5 Å². The minimum absolute atomic E-state index is 0.141. The molecule has 1 aromatic rings. The van der Waals surface area contributed by atoms with Crippen LogP contribution in [0, 0.1) is 0 Å². The van der Waals surface area contributed by atoms with E-state index in [-0.39, 0.29) is 5.91 Å². The lowest BCUT2D eigenvalue weighted by Gasteiger charge is -2.15. The van der Waals surface area contributed by atoms with E-state index in [1.165, 1.54) is 12.4 Å². The topological polar surface area (TPSA) is 84.1 Å². The minimum atomic E-state index is -0.141. The number of nitrogens with two attached hydrogens (primary N) is 1. The number of aromatic nitrogens is 2. The molecular formula is C10H17N5O. The third-order valence-corrected chi connectivity index (χ3v) is 2.20. The second kappa shape index (κ2) is 6.02. The normalized spacial score (nSPS) is 9.94. The van der Waals surface area contributed by atoms with Gasteiger partial charge in [0, 0.05) is 13.6 Å². The second-order valence-electron chi connectivity index (χ2n) is 3.51. The van der Waals surface area contributed by atoms with Gasteiger partial charge in [-0.25, -0.2) is 10.8 Å². The molecule has 16 heavy (non-hydrogen) atoms. The summed E-state index contributed by atoms with van der Waals surface area (Å²) in [4.78, 5) is 21.4. The summed E-state index contributed by atoms with van der Waals surface area (Å²) < 4.78 is 0. The lowest BCUT2D eigenvalue weighted by molar-refractivity contribution is 0.0787. The molecule has 1 aromatic heterocycles. The summed E-state index contributed by atoms with van der Waals surface area (Å²) >= 11 is 0. The fourth-order valence-corrected chi connectivity index (χ4v) is 1.23. The zero-order valence-electron chi connectivity index (χ0n) is 9.60. The van der Waals surface area contributed by atoms with E-state index in [2.05, 4.69) is 22.3 Å². The molecule has 0 fully saturated rings. The molecule has 0 saturated heterocycles. The average molecular weight is 223 g/mol. The monoisotopic (exact) mass is 223 g/mol. The number of hydrogen-bond acceptors (Lipinski definition) is 5. The van der Waals surface area contributed by atoms with Crippen LogP contribution in [-0.2, 0) is 0 Å². The number of carbonyl (C=O) groups excluding carboxylic acids is 1. The van der Waals surface area contributed by atoms with Gasteiger partial charge in [0.05, 0.1) is 12.4 Å². The zero-order valence-corrected chi connectivity index (χ0v) is 9.60. The van der Waals surface area contributed by atoms with Crippen molar-refractivity contribution in [2.75, 3.05) is 19.0 Å². The molecule has 0 aliphatic heterocycles. The summed E-state index contributed by atoms with van der Waals surface area (Å²) in [5.74, 6) is 5.44. The second-order valence-corrected chi connectivity index (χ2v) is 3.51. The summed E-state index contributed by atoms with van der Waals surface area (Å²) in [6, 6.07) is 0. The molecule has 3 N–H and O–H groups in total. The van der Waals surface area contributed by atoms with E-state index in [4.69, 9.17) is 5.84 Å². The summed E-state index contributed by atoms with van der Waals surface area (Å²) in [5, 5.41) is 0. The van der Waals surface area contributed by atoms with Gasteiger partial charge in [-0.1, -0.05) is 13.3 Å². The van der Waals surface area contributed by atoms with Crippen LogP contribution < -0.4 is 11.3 Å². The number of hydrazine groups is 1. The van der Waals surface area contributed by atoms with Gasteiger partial charge in [0.25, 0.3) is 5.91 Å². The van der Waals surface area contributed by atoms with Crippen LogP contribution in [0.4, 0.5) is 5.82 Å². The SMILES string of the molecule is CCCCN(C)C(=O)c1cncc(NN)n1. The number of nitrogens with zero attached hydrogens (tertiary/aromatic N) is 3. The summed E-state index contributed by atoms with van der Waals surface area (Å²) in [6.45, 7) is 2.80. The van der Waals surface area contributed by atoms with Crippen LogP contribution in [0.3, 0.4) is 0 Å². The molecular weight excluding hydrogens is 206 g/mol. The molecule has 1 heterocycles. The first-order chi connectivity index (χ1) is 7.69. The van der Waals surface area contributed by atoms with E-state index in [9.17, 15) is 4.79 Å². The van der Waals surface area contributed by atoms with Crippen LogP contribution in [0.2, 0.25) is 0 Å². The molecule has 0 spiro atoms. The maximum atomic E-state index is 11.9. The van der Waals surface area contributed by atoms with Crippen LogP contribution in [0.15, 0.2) is 12.4 Å². The number of hydrogen-bond donors (Lipinski definition) is 2. The molecule has 1 rings (SSSR count). The molecule has 0 aliphatic carbocycles. The Morgan fingerprint density at radius 3 is 2.94 bits per heavy atom. The van der Waals surface area contributed by atoms with Crippen molar-refractivity contribution in [3.05, 3.63) is 18.1 Å². The first-order valence-corrected chi connectivity index (χ1v) is 5.23. The van der Waals surface area contributed by atoms with Crippen LogP contribution in [0.1, 0.15) is 30.3 Å². The molecule has 6 heteroatoms. The quantitative estimate of drug-likeness (QED) is 0.565. The Bertz CT molecular complexity index is 355.